The molecule has 6 heteroatoms. The Labute approximate surface area is 165 Å². The van der Waals surface area contributed by atoms with Crippen LogP contribution in [0.4, 0.5) is 0 Å². The van der Waals surface area contributed by atoms with Gasteiger partial charge in [-0.2, -0.15) is 0 Å². The second-order valence-electron chi connectivity index (χ2n) is 7.52. The van der Waals surface area contributed by atoms with Gasteiger partial charge in [-0.1, -0.05) is 42.5 Å². The normalized spacial score (nSPS) is 18.3. The SMILES string of the molecule is CC(C)N1CCN(Cc2ccc(-c3ccccc3C(=O)O)cc2)[C@@H](C(N)=O)C1. The van der Waals surface area contributed by atoms with Crippen molar-refractivity contribution in [3.63, 3.8) is 0 Å². The number of carbonyl (C=O) groups is 2. The summed E-state index contributed by atoms with van der Waals surface area (Å²) >= 11 is 0. The second-order valence-corrected chi connectivity index (χ2v) is 7.52. The highest BCUT2D eigenvalue weighted by atomic mass is 16.4. The van der Waals surface area contributed by atoms with Crippen LogP contribution in [0.5, 0.6) is 0 Å². The number of carbonyl (C=O) groups excluding carboxylic acids is 1. The minimum absolute atomic E-state index is 0.286. The van der Waals surface area contributed by atoms with Crippen molar-refractivity contribution in [3.8, 4) is 11.1 Å². The van der Waals surface area contributed by atoms with Crippen molar-refractivity contribution < 1.29 is 14.7 Å². The van der Waals surface area contributed by atoms with Crippen molar-refractivity contribution in [2.45, 2.75) is 32.5 Å². The van der Waals surface area contributed by atoms with Crippen LogP contribution >= 0.6 is 0 Å². The first-order valence-electron chi connectivity index (χ1n) is 9.56. The van der Waals surface area contributed by atoms with E-state index in [1.165, 1.54) is 0 Å². The zero-order chi connectivity index (χ0) is 20.3. The Morgan fingerprint density at radius 3 is 2.39 bits per heavy atom. The zero-order valence-corrected chi connectivity index (χ0v) is 16.3. The molecule has 0 aliphatic carbocycles. The number of aromatic carboxylic acids is 1. The summed E-state index contributed by atoms with van der Waals surface area (Å²) in [6.07, 6.45) is 0. The van der Waals surface area contributed by atoms with Crippen LogP contribution in [0.1, 0.15) is 29.8 Å². The Kier molecular flexibility index (Phi) is 6.11. The van der Waals surface area contributed by atoms with Crippen LogP contribution in [0.2, 0.25) is 0 Å². The Morgan fingerprint density at radius 2 is 1.79 bits per heavy atom. The quantitative estimate of drug-likeness (QED) is 0.803. The standard InChI is InChI=1S/C22H27N3O3/c1-15(2)24-11-12-25(20(14-24)21(23)26)13-16-7-9-17(10-8-16)18-5-3-4-6-19(18)22(27)28/h3-10,15,20H,11-14H2,1-2H3,(H2,23,26)(H,27,28)/t20-/m1/s1. The summed E-state index contributed by atoms with van der Waals surface area (Å²) in [5, 5.41) is 9.39. The maximum atomic E-state index is 12.0. The van der Waals surface area contributed by atoms with Crippen molar-refractivity contribution in [2.24, 2.45) is 5.73 Å². The van der Waals surface area contributed by atoms with E-state index in [0.29, 0.717) is 24.7 Å². The Hall–Kier alpha value is -2.70. The van der Waals surface area contributed by atoms with Gasteiger partial charge < -0.3 is 10.8 Å². The van der Waals surface area contributed by atoms with Gasteiger partial charge in [-0.15, -0.1) is 0 Å². The molecule has 28 heavy (non-hydrogen) atoms. The smallest absolute Gasteiger partial charge is 0.336 e. The molecule has 0 aromatic heterocycles. The molecule has 0 bridgehead atoms. The molecule has 0 saturated carbocycles. The topological polar surface area (TPSA) is 86.9 Å². The molecular weight excluding hydrogens is 354 g/mol. The highest BCUT2D eigenvalue weighted by Gasteiger charge is 2.31. The maximum absolute atomic E-state index is 12.0. The van der Waals surface area contributed by atoms with Crippen LogP contribution < -0.4 is 5.73 Å². The molecular formula is C22H27N3O3. The summed E-state index contributed by atoms with van der Waals surface area (Å²) in [5.74, 6) is -1.23. The fraction of sp³-hybridized carbons (Fsp3) is 0.364. The molecule has 1 saturated heterocycles. The average molecular weight is 381 g/mol. The minimum Gasteiger partial charge on any atom is -0.478 e. The van der Waals surface area contributed by atoms with Crippen molar-refractivity contribution in [2.75, 3.05) is 19.6 Å². The first kappa shape index (κ1) is 20.0. The number of piperazine rings is 1. The average Bonchev–Trinajstić information content (AvgIpc) is 2.68. The van der Waals surface area contributed by atoms with Crippen molar-refractivity contribution >= 4 is 11.9 Å². The number of hydrogen-bond donors (Lipinski definition) is 2. The lowest BCUT2D eigenvalue weighted by Gasteiger charge is -2.41. The van der Waals surface area contributed by atoms with Crippen LogP contribution in [-0.2, 0) is 11.3 Å². The number of benzene rings is 2. The molecule has 3 N–H and O–H groups in total. The number of rotatable bonds is 6. The summed E-state index contributed by atoms with van der Waals surface area (Å²) in [6, 6.07) is 14.9. The molecule has 6 nitrogen and oxygen atoms in total. The summed E-state index contributed by atoms with van der Waals surface area (Å²) in [4.78, 5) is 27.8. The number of amides is 1. The molecule has 1 amide bonds. The van der Waals surface area contributed by atoms with Gasteiger partial charge in [-0.25, -0.2) is 4.79 Å². The lowest BCUT2D eigenvalue weighted by atomic mass is 9.98. The molecule has 0 spiro atoms. The first-order chi connectivity index (χ1) is 13.4. The van der Waals surface area contributed by atoms with E-state index in [2.05, 4.69) is 23.6 Å². The van der Waals surface area contributed by atoms with Gasteiger partial charge in [-0.05, 0) is 36.6 Å². The maximum Gasteiger partial charge on any atom is 0.336 e. The van der Waals surface area contributed by atoms with E-state index < -0.39 is 5.97 Å². The third kappa shape index (κ3) is 4.40. The van der Waals surface area contributed by atoms with Crippen LogP contribution in [0.25, 0.3) is 11.1 Å². The molecule has 1 atom stereocenters. The summed E-state index contributed by atoms with van der Waals surface area (Å²) in [7, 11) is 0. The molecule has 2 aromatic carbocycles. The van der Waals surface area contributed by atoms with E-state index >= 15 is 0 Å². The van der Waals surface area contributed by atoms with Crippen molar-refractivity contribution in [1.82, 2.24) is 9.80 Å². The summed E-state index contributed by atoms with van der Waals surface area (Å²) in [6.45, 7) is 7.24. The fourth-order valence-corrected chi connectivity index (χ4v) is 3.72. The number of primary amides is 1. The van der Waals surface area contributed by atoms with E-state index in [9.17, 15) is 14.7 Å². The molecule has 0 radical (unpaired) electrons. The van der Waals surface area contributed by atoms with Crippen LogP contribution in [0.15, 0.2) is 48.5 Å². The molecule has 3 rings (SSSR count). The van der Waals surface area contributed by atoms with Gasteiger partial charge in [0.2, 0.25) is 5.91 Å². The van der Waals surface area contributed by atoms with Gasteiger partial charge in [-0.3, -0.25) is 14.6 Å². The lowest BCUT2D eigenvalue weighted by molar-refractivity contribution is -0.126. The van der Waals surface area contributed by atoms with Crippen LogP contribution in [0.3, 0.4) is 0 Å². The lowest BCUT2D eigenvalue weighted by Crippen LogP contribution is -2.58. The summed E-state index contributed by atoms with van der Waals surface area (Å²) in [5.41, 5.74) is 8.57. The molecule has 2 aromatic rings. The first-order valence-corrected chi connectivity index (χ1v) is 9.56. The molecule has 148 valence electrons. The van der Waals surface area contributed by atoms with Gasteiger partial charge >= 0.3 is 5.97 Å². The van der Waals surface area contributed by atoms with Crippen molar-refractivity contribution in [3.05, 3.63) is 59.7 Å². The monoisotopic (exact) mass is 381 g/mol. The number of carboxylic acids is 1. The number of nitrogens with zero attached hydrogens (tertiary/aromatic N) is 2. The molecule has 0 unspecified atom stereocenters. The highest BCUT2D eigenvalue weighted by Crippen LogP contribution is 2.25. The van der Waals surface area contributed by atoms with E-state index in [-0.39, 0.29) is 17.5 Å². The van der Waals surface area contributed by atoms with E-state index in [0.717, 1.165) is 24.2 Å². The predicted octanol–water partition coefficient (Wildman–Crippen LogP) is 2.43. The number of hydrogen-bond acceptors (Lipinski definition) is 4. The van der Waals surface area contributed by atoms with E-state index in [1.54, 1.807) is 12.1 Å². The molecule has 1 heterocycles. The Morgan fingerprint density at radius 1 is 1.11 bits per heavy atom. The van der Waals surface area contributed by atoms with Crippen LogP contribution in [0, 0.1) is 0 Å². The van der Waals surface area contributed by atoms with Gasteiger partial charge in [0.05, 0.1) is 5.56 Å². The predicted molar refractivity (Wildman–Crippen MR) is 109 cm³/mol. The number of carboxylic acid groups (broad SMARTS) is 1. The molecule has 1 aliphatic rings. The number of nitrogens with two attached hydrogens (primary N) is 1. The third-order valence-electron chi connectivity index (χ3n) is 5.39. The van der Waals surface area contributed by atoms with E-state index in [4.69, 9.17) is 5.73 Å². The largest absolute Gasteiger partial charge is 0.478 e. The highest BCUT2D eigenvalue weighted by molar-refractivity contribution is 5.96. The van der Waals surface area contributed by atoms with Crippen molar-refractivity contribution in [1.29, 1.82) is 0 Å². The van der Waals surface area contributed by atoms with Gasteiger partial charge in [0, 0.05) is 32.2 Å². The van der Waals surface area contributed by atoms with Crippen LogP contribution in [-0.4, -0.2) is 58.5 Å². The molecule has 1 fully saturated rings. The van der Waals surface area contributed by atoms with Gasteiger partial charge in [0.1, 0.15) is 6.04 Å². The molecule has 1 aliphatic heterocycles. The Bertz CT molecular complexity index is 848. The third-order valence-corrected chi connectivity index (χ3v) is 5.39. The minimum atomic E-state index is -0.938. The second kappa shape index (κ2) is 8.54. The summed E-state index contributed by atoms with van der Waals surface area (Å²) < 4.78 is 0. The zero-order valence-electron chi connectivity index (χ0n) is 16.3. The van der Waals surface area contributed by atoms with Gasteiger partial charge in [0.15, 0.2) is 0 Å². The fourth-order valence-electron chi connectivity index (χ4n) is 3.72. The van der Waals surface area contributed by atoms with Gasteiger partial charge in [0.25, 0.3) is 0 Å². The Balaban J connectivity index is 1.76. The van der Waals surface area contributed by atoms with E-state index in [1.807, 2.05) is 36.4 Å².